The fourth-order valence-corrected chi connectivity index (χ4v) is 2.04. The zero-order chi connectivity index (χ0) is 8.27. The van der Waals surface area contributed by atoms with E-state index in [9.17, 15) is 0 Å². The van der Waals surface area contributed by atoms with E-state index in [-0.39, 0.29) is 6.61 Å². The van der Waals surface area contributed by atoms with Crippen molar-refractivity contribution in [3.05, 3.63) is 15.0 Å². The quantitative estimate of drug-likeness (QED) is 0.792. The van der Waals surface area contributed by atoms with Crippen LogP contribution in [0.15, 0.2) is 0 Å². The van der Waals surface area contributed by atoms with Gasteiger partial charge in [-0.2, -0.15) is 0 Å². The minimum absolute atomic E-state index is 0.144. The molecule has 0 unspecified atom stereocenters. The monoisotopic (exact) mass is 191 g/mol. The van der Waals surface area contributed by atoms with Crippen LogP contribution in [0.1, 0.15) is 16.8 Å². The van der Waals surface area contributed by atoms with E-state index >= 15 is 0 Å². The fraction of sp³-hybridized carbons (Fsp3) is 0.571. The van der Waals surface area contributed by atoms with Gasteiger partial charge in [0.15, 0.2) is 0 Å². The summed E-state index contributed by atoms with van der Waals surface area (Å²) in [6, 6.07) is 0. The van der Waals surface area contributed by atoms with Crippen LogP contribution < -0.4 is 0 Å². The minimum Gasteiger partial charge on any atom is -0.396 e. The van der Waals surface area contributed by atoms with Gasteiger partial charge in [-0.05, 0) is 6.42 Å². The third kappa shape index (κ3) is 2.15. The summed E-state index contributed by atoms with van der Waals surface area (Å²) in [6.07, 6.45) is 1.53. The van der Waals surface area contributed by atoms with E-state index in [2.05, 4.69) is 4.98 Å². The van der Waals surface area contributed by atoms with E-state index in [0.717, 1.165) is 16.3 Å². The van der Waals surface area contributed by atoms with Crippen molar-refractivity contribution >= 4 is 22.9 Å². The molecule has 0 aliphatic rings. The van der Waals surface area contributed by atoms with Gasteiger partial charge < -0.3 is 5.11 Å². The zero-order valence-corrected chi connectivity index (χ0v) is 7.87. The molecule has 0 aromatic carbocycles. The third-order valence-electron chi connectivity index (χ3n) is 1.34. The largest absolute Gasteiger partial charge is 0.396 e. The first kappa shape index (κ1) is 8.97. The number of hydrogen-bond donors (Lipinski definition) is 1. The summed E-state index contributed by atoms with van der Waals surface area (Å²) in [5.41, 5.74) is 0. The van der Waals surface area contributed by atoms with Crippen molar-refractivity contribution in [1.82, 2.24) is 4.98 Å². The molecule has 0 aliphatic heterocycles. The Morgan fingerprint density at radius 2 is 2.36 bits per heavy atom. The van der Waals surface area contributed by atoms with E-state index in [1.807, 2.05) is 6.92 Å². The molecule has 0 spiro atoms. The predicted molar refractivity (Wildman–Crippen MR) is 47.3 cm³/mol. The highest BCUT2D eigenvalue weighted by Gasteiger charge is 2.06. The van der Waals surface area contributed by atoms with E-state index in [0.29, 0.717) is 11.6 Å². The van der Waals surface area contributed by atoms with Crippen LogP contribution in [0, 0.1) is 0 Å². The Bertz CT molecular complexity index is 236. The number of aliphatic hydroxyl groups is 1. The average Bonchev–Trinajstić information content (AvgIpc) is 2.33. The van der Waals surface area contributed by atoms with Crippen LogP contribution in [-0.4, -0.2) is 16.7 Å². The van der Waals surface area contributed by atoms with Crippen molar-refractivity contribution in [2.24, 2.45) is 0 Å². The van der Waals surface area contributed by atoms with Crippen molar-refractivity contribution in [2.75, 3.05) is 6.61 Å². The van der Waals surface area contributed by atoms with Crippen molar-refractivity contribution in [3.8, 4) is 0 Å². The normalized spacial score (nSPS) is 10.5. The molecule has 0 radical (unpaired) electrons. The van der Waals surface area contributed by atoms with Crippen molar-refractivity contribution < 1.29 is 5.11 Å². The third-order valence-corrected chi connectivity index (χ3v) is 3.02. The number of halogens is 1. The lowest BCUT2D eigenvalue weighted by Crippen LogP contribution is -1.86. The predicted octanol–water partition coefficient (Wildman–Crippen LogP) is 1.89. The number of rotatable bonds is 3. The Balaban J connectivity index is 2.79. The Kier molecular flexibility index (Phi) is 3.30. The van der Waals surface area contributed by atoms with Gasteiger partial charge in [0.25, 0.3) is 0 Å². The van der Waals surface area contributed by atoms with Crippen LogP contribution >= 0.6 is 22.9 Å². The maximum absolute atomic E-state index is 8.65. The Hall–Kier alpha value is -0.120. The van der Waals surface area contributed by atoms with Crippen molar-refractivity contribution in [2.45, 2.75) is 19.8 Å². The molecule has 2 nitrogen and oxygen atoms in total. The highest BCUT2D eigenvalue weighted by atomic mass is 35.5. The Morgan fingerprint density at radius 1 is 1.64 bits per heavy atom. The Morgan fingerprint density at radius 3 is 2.82 bits per heavy atom. The molecule has 11 heavy (non-hydrogen) atoms. The molecule has 0 bridgehead atoms. The number of aromatic nitrogens is 1. The topological polar surface area (TPSA) is 33.1 Å². The molecule has 1 heterocycles. The van der Waals surface area contributed by atoms with Gasteiger partial charge in [0.1, 0.15) is 5.15 Å². The minimum atomic E-state index is 0.144. The second-order valence-electron chi connectivity index (χ2n) is 2.15. The van der Waals surface area contributed by atoms with Gasteiger partial charge in [-0.3, -0.25) is 0 Å². The molecular formula is C7H10ClNOS. The first-order valence-electron chi connectivity index (χ1n) is 3.52. The van der Waals surface area contributed by atoms with E-state index < -0.39 is 0 Å². The van der Waals surface area contributed by atoms with E-state index in [1.54, 1.807) is 11.3 Å². The summed E-state index contributed by atoms with van der Waals surface area (Å²) in [5, 5.41) is 10.2. The maximum atomic E-state index is 8.65. The van der Waals surface area contributed by atoms with Crippen LogP contribution in [0.2, 0.25) is 5.15 Å². The highest BCUT2D eigenvalue weighted by molar-refractivity contribution is 7.12. The molecule has 1 aromatic rings. The second-order valence-corrected chi connectivity index (χ2v) is 3.67. The lowest BCUT2D eigenvalue weighted by molar-refractivity contribution is 0.300. The van der Waals surface area contributed by atoms with Crippen molar-refractivity contribution in [1.29, 1.82) is 0 Å². The molecule has 0 fully saturated rings. The number of nitrogens with zero attached hydrogens (tertiary/aromatic N) is 1. The second kappa shape index (κ2) is 4.04. The standard InChI is InChI=1S/C7H10ClNOS/c1-2-6-9-7(8)5(11-6)3-4-10/h10H,2-4H2,1H3. The average molecular weight is 192 g/mol. The number of thiazole rings is 1. The molecule has 0 aliphatic carbocycles. The van der Waals surface area contributed by atoms with Gasteiger partial charge in [-0.25, -0.2) is 4.98 Å². The molecular weight excluding hydrogens is 182 g/mol. The molecule has 0 atom stereocenters. The zero-order valence-electron chi connectivity index (χ0n) is 6.30. The van der Waals surface area contributed by atoms with Crippen LogP contribution in [0.25, 0.3) is 0 Å². The number of aliphatic hydroxyl groups excluding tert-OH is 1. The Labute approximate surface area is 74.8 Å². The highest BCUT2D eigenvalue weighted by Crippen LogP contribution is 2.23. The van der Waals surface area contributed by atoms with Gasteiger partial charge in [-0.15, -0.1) is 11.3 Å². The molecule has 1 aromatic heterocycles. The summed E-state index contributed by atoms with van der Waals surface area (Å²) < 4.78 is 0. The number of aryl methyl sites for hydroxylation is 1. The van der Waals surface area contributed by atoms with Crippen LogP contribution in [0.4, 0.5) is 0 Å². The lowest BCUT2D eigenvalue weighted by Gasteiger charge is -1.88. The van der Waals surface area contributed by atoms with Gasteiger partial charge >= 0.3 is 0 Å². The van der Waals surface area contributed by atoms with Crippen LogP contribution in [-0.2, 0) is 12.8 Å². The van der Waals surface area contributed by atoms with Crippen LogP contribution in [0.3, 0.4) is 0 Å². The summed E-state index contributed by atoms with van der Waals surface area (Å²) in [4.78, 5) is 5.11. The molecule has 1 rings (SSSR count). The fourth-order valence-electron chi connectivity index (χ4n) is 0.786. The molecule has 1 N–H and O–H groups in total. The molecule has 0 amide bonds. The van der Waals surface area contributed by atoms with Gasteiger partial charge in [0.2, 0.25) is 0 Å². The SMILES string of the molecule is CCc1nc(Cl)c(CCO)s1. The van der Waals surface area contributed by atoms with Gasteiger partial charge in [0.05, 0.1) is 5.01 Å². The lowest BCUT2D eigenvalue weighted by atomic mass is 10.4. The summed E-state index contributed by atoms with van der Waals surface area (Å²) >= 11 is 7.37. The first-order valence-corrected chi connectivity index (χ1v) is 4.72. The molecule has 4 heteroatoms. The molecule has 0 saturated heterocycles. The summed E-state index contributed by atoms with van der Waals surface area (Å²) in [6.45, 7) is 2.18. The summed E-state index contributed by atoms with van der Waals surface area (Å²) in [5.74, 6) is 0. The first-order chi connectivity index (χ1) is 5.27. The molecule has 0 saturated carbocycles. The van der Waals surface area contributed by atoms with Crippen LogP contribution in [0.5, 0.6) is 0 Å². The van der Waals surface area contributed by atoms with Gasteiger partial charge in [0, 0.05) is 17.9 Å². The molecule has 62 valence electrons. The maximum Gasteiger partial charge on any atom is 0.143 e. The smallest absolute Gasteiger partial charge is 0.143 e. The number of hydrogen-bond acceptors (Lipinski definition) is 3. The summed E-state index contributed by atoms with van der Waals surface area (Å²) in [7, 11) is 0. The van der Waals surface area contributed by atoms with Crippen molar-refractivity contribution in [3.63, 3.8) is 0 Å². The van der Waals surface area contributed by atoms with E-state index in [4.69, 9.17) is 16.7 Å². The van der Waals surface area contributed by atoms with Gasteiger partial charge in [-0.1, -0.05) is 18.5 Å². The van der Waals surface area contributed by atoms with E-state index in [1.165, 1.54) is 0 Å².